The zero-order chi connectivity index (χ0) is 18.9. The molecule has 6 heteroatoms. The number of benzene rings is 2. The van der Waals surface area contributed by atoms with Crippen LogP contribution in [0.3, 0.4) is 0 Å². The van der Waals surface area contributed by atoms with Crippen molar-refractivity contribution in [3.05, 3.63) is 59.7 Å². The van der Waals surface area contributed by atoms with Gasteiger partial charge in [0.15, 0.2) is 0 Å². The molecule has 2 amide bonds. The number of hydrogen-bond acceptors (Lipinski definition) is 4. The molecule has 6 nitrogen and oxygen atoms in total. The third-order valence-electron chi connectivity index (χ3n) is 3.91. The molecular formula is C20H21N3O3. The molecule has 26 heavy (non-hydrogen) atoms. The Morgan fingerprint density at radius 1 is 1.15 bits per heavy atom. The van der Waals surface area contributed by atoms with Gasteiger partial charge in [0.2, 0.25) is 11.8 Å². The number of methoxy groups -OCH3 is 1. The van der Waals surface area contributed by atoms with Gasteiger partial charge in [-0.1, -0.05) is 24.3 Å². The maximum Gasteiger partial charge on any atom is 0.226 e. The van der Waals surface area contributed by atoms with Crippen LogP contribution in [0.2, 0.25) is 0 Å². The zero-order valence-corrected chi connectivity index (χ0v) is 14.9. The van der Waals surface area contributed by atoms with Crippen LogP contribution < -0.4 is 10.1 Å². The van der Waals surface area contributed by atoms with E-state index in [0.717, 1.165) is 11.3 Å². The molecule has 0 aromatic heterocycles. The number of ether oxygens (including phenoxy) is 1. The Kier molecular flexibility index (Phi) is 6.75. The van der Waals surface area contributed by atoms with Crippen LogP contribution >= 0.6 is 0 Å². The van der Waals surface area contributed by atoms with Crippen LogP contribution in [0, 0.1) is 11.3 Å². The number of nitrogens with one attached hydrogen (secondary N) is 1. The van der Waals surface area contributed by atoms with Crippen molar-refractivity contribution >= 4 is 17.5 Å². The molecule has 0 unspecified atom stereocenters. The van der Waals surface area contributed by atoms with Crippen LogP contribution in [-0.4, -0.2) is 30.4 Å². The highest BCUT2D eigenvalue weighted by Crippen LogP contribution is 2.15. The van der Waals surface area contributed by atoms with Gasteiger partial charge < -0.3 is 15.0 Å². The number of nitriles is 1. The second kappa shape index (κ2) is 9.23. The fraction of sp³-hybridized carbons (Fsp3) is 0.250. The molecule has 0 spiro atoms. The summed E-state index contributed by atoms with van der Waals surface area (Å²) in [5.74, 6) is 0.401. The van der Waals surface area contributed by atoms with E-state index < -0.39 is 0 Å². The lowest BCUT2D eigenvalue weighted by atomic mass is 10.2. The molecule has 1 N–H and O–H groups in total. The highest BCUT2D eigenvalue weighted by molar-refractivity contribution is 5.92. The molecule has 0 aliphatic carbocycles. The van der Waals surface area contributed by atoms with Gasteiger partial charge in [-0.05, 0) is 29.8 Å². The first-order chi connectivity index (χ1) is 12.5. The minimum atomic E-state index is -0.242. The minimum Gasteiger partial charge on any atom is -0.497 e. The van der Waals surface area contributed by atoms with Crippen molar-refractivity contribution in [2.75, 3.05) is 19.0 Å². The van der Waals surface area contributed by atoms with Crippen LogP contribution in [0.4, 0.5) is 5.69 Å². The molecule has 0 heterocycles. The first kappa shape index (κ1) is 19.0. The average Bonchev–Trinajstić information content (AvgIpc) is 2.65. The molecule has 2 aromatic rings. The van der Waals surface area contributed by atoms with E-state index in [1.807, 2.05) is 30.3 Å². The van der Waals surface area contributed by atoms with Gasteiger partial charge in [0.05, 0.1) is 18.4 Å². The highest BCUT2D eigenvalue weighted by atomic mass is 16.5. The van der Waals surface area contributed by atoms with Gasteiger partial charge in [-0.2, -0.15) is 5.26 Å². The molecule has 0 fully saturated rings. The summed E-state index contributed by atoms with van der Waals surface area (Å²) in [7, 11) is 1.60. The van der Waals surface area contributed by atoms with Gasteiger partial charge in [-0.25, -0.2) is 0 Å². The van der Waals surface area contributed by atoms with Crippen molar-refractivity contribution < 1.29 is 14.3 Å². The standard InChI is InChI=1S/C20H21N3O3/c1-15(24)23(14-16-7-9-18(26-2)10-8-16)12-11-20(25)22-19-6-4-3-5-17(19)13-21/h3-10H,11-12,14H2,1-2H3,(H,22,25). The first-order valence-corrected chi connectivity index (χ1v) is 8.21. The number of rotatable bonds is 7. The van der Waals surface area contributed by atoms with Crippen molar-refractivity contribution in [1.29, 1.82) is 5.26 Å². The summed E-state index contributed by atoms with van der Waals surface area (Å²) in [5.41, 5.74) is 1.84. The van der Waals surface area contributed by atoms with E-state index in [4.69, 9.17) is 10.00 Å². The Bertz CT molecular complexity index is 810. The Balaban J connectivity index is 1.94. The Hall–Kier alpha value is -3.33. The topological polar surface area (TPSA) is 82.4 Å². The van der Waals surface area contributed by atoms with E-state index in [2.05, 4.69) is 5.32 Å². The second-order valence-electron chi connectivity index (χ2n) is 5.74. The maximum atomic E-state index is 12.2. The van der Waals surface area contributed by atoms with Gasteiger partial charge in [0.1, 0.15) is 11.8 Å². The molecular weight excluding hydrogens is 330 g/mol. The van der Waals surface area contributed by atoms with Crippen LogP contribution in [0.25, 0.3) is 0 Å². The zero-order valence-electron chi connectivity index (χ0n) is 14.9. The SMILES string of the molecule is COc1ccc(CN(CCC(=O)Nc2ccccc2C#N)C(C)=O)cc1. The number of nitrogens with zero attached hydrogens (tertiary/aromatic N) is 2. The summed E-state index contributed by atoms with van der Waals surface area (Å²) in [6, 6.07) is 16.3. The van der Waals surface area contributed by atoms with E-state index in [1.165, 1.54) is 6.92 Å². The quantitative estimate of drug-likeness (QED) is 0.831. The maximum absolute atomic E-state index is 12.2. The van der Waals surface area contributed by atoms with Gasteiger partial charge in [-0.3, -0.25) is 9.59 Å². The lowest BCUT2D eigenvalue weighted by Crippen LogP contribution is -2.31. The summed E-state index contributed by atoms with van der Waals surface area (Å²) in [4.78, 5) is 25.6. The monoisotopic (exact) mass is 351 g/mol. The molecule has 2 aromatic carbocycles. The minimum absolute atomic E-state index is 0.106. The van der Waals surface area contributed by atoms with Crippen LogP contribution in [-0.2, 0) is 16.1 Å². The van der Waals surface area contributed by atoms with Gasteiger partial charge >= 0.3 is 0 Å². The van der Waals surface area contributed by atoms with E-state index in [0.29, 0.717) is 24.3 Å². The van der Waals surface area contributed by atoms with Crippen molar-refractivity contribution in [3.8, 4) is 11.8 Å². The van der Waals surface area contributed by atoms with Gasteiger partial charge in [0, 0.05) is 26.4 Å². The van der Waals surface area contributed by atoms with Crippen molar-refractivity contribution in [3.63, 3.8) is 0 Å². The summed E-state index contributed by atoms with van der Waals surface area (Å²) < 4.78 is 5.12. The van der Waals surface area contributed by atoms with Gasteiger partial charge in [0.25, 0.3) is 0 Å². The van der Waals surface area contributed by atoms with Crippen LogP contribution in [0.1, 0.15) is 24.5 Å². The number of carbonyl (C=O) groups is 2. The Labute approximate surface area is 153 Å². The molecule has 0 bridgehead atoms. The predicted octanol–water partition coefficient (Wildman–Crippen LogP) is 2.94. The second-order valence-corrected chi connectivity index (χ2v) is 5.74. The number of carbonyl (C=O) groups excluding carboxylic acids is 2. The summed E-state index contributed by atoms with van der Waals surface area (Å²) in [6.45, 7) is 2.19. The van der Waals surface area contributed by atoms with Gasteiger partial charge in [-0.15, -0.1) is 0 Å². The third-order valence-corrected chi connectivity index (χ3v) is 3.91. The highest BCUT2D eigenvalue weighted by Gasteiger charge is 2.13. The lowest BCUT2D eigenvalue weighted by Gasteiger charge is -2.21. The average molecular weight is 351 g/mol. The molecule has 2 rings (SSSR count). The lowest BCUT2D eigenvalue weighted by molar-refractivity contribution is -0.129. The Morgan fingerprint density at radius 2 is 1.85 bits per heavy atom. The molecule has 0 aliphatic heterocycles. The smallest absolute Gasteiger partial charge is 0.226 e. The largest absolute Gasteiger partial charge is 0.497 e. The van der Waals surface area contributed by atoms with E-state index >= 15 is 0 Å². The summed E-state index contributed by atoms with van der Waals surface area (Å²) in [5, 5.41) is 11.8. The van der Waals surface area contributed by atoms with E-state index in [1.54, 1.807) is 36.3 Å². The number of amides is 2. The molecule has 0 aliphatic rings. The first-order valence-electron chi connectivity index (χ1n) is 8.21. The van der Waals surface area contributed by atoms with Crippen molar-refractivity contribution in [2.45, 2.75) is 19.9 Å². The summed E-state index contributed by atoms with van der Waals surface area (Å²) in [6.07, 6.45) is 0.148. The third kappa shape index (κ3) is 5.35. The fourth-order valence-corrected chi connectivity index (χ4v) is 2.44. The Morgan fingerprint density at radius 3 is 2.46 bits per heavy atom. The van der Waals surface area contributed by atoms with Crippen molar-refractivity contribution in [2.24, 2.45) is 0 Å². The fourth-order valence-electron chi connectivity index (χ4n) is 2.44. The molecule has 0 radical (unpaired) electrons. The van der Waals surface area contributed by atoms with E-state index in [-0.39, 0.29) is 18.2 Å². The summed E-state index contributed by atoms with van der Waals surface area (Å²) >= 11 is 0. The van der Waals surface area contributed by atoms with Crippen LogP contribution in [0.5, 0.6) is 5.75 Å². The molecule has 134 valence electrons. The predicted molar refractivity (Wildman–Crippen MR) is 98.5 cm³/mol. The number of anilines is 1. The normalized spacial score (nSPS) is 9.88. The number of hydrogen-bond donors (Lipinski definition) is 1. The van der Waals surface area contributed by atoms with Crippen LogP contribution in [0.15, 0.2) is 48.5 Å². The number of para-hydroxylation sites is 1. The molecule has 0 saturated heterocycles. The van der Waals surface area contributed by atoms with Crippen molar-refractivity contribution in [1.82, 2.24) is 4.90 Å². The molecule has 0 atom stereocenters. The van der Waals surface area contributed by atoms with E-state index in [9.17, 15) is 9.59 Å². The molecule has 0 saturated carbocycles.